The van der Waals surface area contributed by atoms with Gasteiger partial charge in [0.25, 0.3) is 0 Å². The summed E-state index contributed by atoms with van der Waals surface area (Å²) in [6.45, 7) is 4.89. The number of pyridine rings is 1. The molecule has 5 heteroatoms. The second kappa shape index (κ2) is 7.33. The monoisotopic (exact) mass is 335 g/mol. The van der Waals surface area contributed by atoms with Crippen LogP contribution < -0.4 is 4.74 Å². The lowest BCUT2D eigenvalue weighted by molar-refractivity contribution is 0.316. The van der Waals surface area contributed by atoms with E-state index in [-0.39, 0.29) is 0 Å². The Morgan fingerprint density at radius 3 is 2.70 bits per heavy atom. The molecule has 0 N–H and O–H groups in total. The highest BCUT2D eigenvalue weighted by atomic mass is 79.9. The second-order valence-electron chi connectivity index (χ2n) is 4.50. The van der Waals surface area contributed by atoms with E-state index in [0.717, 1.165) is 46.7 Å². The number of ether oxygens (including phenoxy) is 1. The van der Waals surface area contributed by atoms with Crippen LogP contribution in [0.25, 0.3) is 11.3 Å². The van der Waals surface area contributed by atoms with Crippen LogP contribution in [0.2, 0.25) is 0 Å². The van der Waals surface area contributed by atoms with Gasteiger partial charge in [-0.1, -0.05) is 13.8 Å². The molecule has 0 bridgehead atoms. The predicted octanol–water partition coefficient (Wildman–Crippen LogP) is 4.04. The van der Waals surface area contributed by atoms with Crippen molar-refractivity contribution < 1.29 is 4.74 Å². The first-order valence-electron chi connectivity index (χ1n) is 6.84. The van der Waals surface area contributed by atoms with Gasteiger partial charge in [0.05, 0.1) is 18.5 Å². The van der Waals surface area contributed by atoms with Crippen LogP contribution in [0.3, 0.4) is 0 Å². The fraction of sp³-hybridized carbons (Fsp3) is 0.400. The molecule has 0 fully saturated rings. The molecule has 4 nitrogen and oxygen atoms in total. The van der Waals surface area contributed by atoms with Gasteiger partial charge < -0.3 is 4.74 Å². The molecule has 0 radical (unpaired) electrons. The molecule has 0 saturated carbocycles. The Bertz CT molecular complexity index is 575. The van der Waals surface area contributed by atoms with E-state index < -0.39 is 0 Å². The van der Waals surface area contributed by atoms with Crippen molar-refractivity contribution in [2.24, 2.45) is 0 Å². The third-order valence-corrected chi connectivity index (χ3v) is 3.10. The molecule has 0 atom stereocenters. The molecule has 106 valence electrons. The number of aromatic nitrogens is 3. The van der Waals surface area contributed by atoms with Gasteiger partial charge in [-0.25, -0.2) is 9.97 Å². The molecule has 0 aromatic carbocycles. The number of rotatable bonds is 6. The van der Waals surface area contributed by atoms with Crippen molar-refractivity contribution >= 4 is 15.9 Å². The lowest BCUT2D eigenvalue weighted by Crippen LogP contribution is -1.99. The summed E-state index contributed by atoms with van der Waals surface area (Å²) in [5, 5.41) is 0. The van der Waals surface area contributed by atoms with E-state index in [1.165, 1.54) is 0 Å². The molecular formula is C15H18BrN3O. The molecule has 0 amide bonds. The fourth-order valence-corrected chi connectivity index (χ4v) is 2.23. The van der Waals surface area contributed by atoms with E-state index in [2.05, 4.69) is 44.7 Å². The SMILES string of the molecule is CCCOc1cncc(-c2cc(Br)nc(CCC)n2)c1. The standard InChI is InChI=1S/C15H18BrN3O/c1-3-5-15-18-13(8-14(16)19-15)11-7-12(10-17-9-11)20-6-4-2/h7-10H,3-6H2,1-2H3. The van der Waals surface area contributed by atoms with E-state index in [0.29, 0.717) is 6.61 Å². The van der Waals surface area contributed by atoms with E-state index in [1.54, 1.807) is 12.4 Å². The molecule has 0 saturated heterocycles. The zero-order chi connectivity index (χ0) is 14.4. The first kappa shape index (κ1) is 14.9. The van der Waals surface area contributed by atoms with Crippen LogP contribution in [-0.4, -0.2) is 21.6 Å². The van der Waals surface area contributed by atoms with E-state index >= 15 is 0 Å². The van der Waals surface area contributed by atoms with Crippen LogP contribution in [0.5, 0.6) is 5.75 Å². The van der Waals surface area contributed by atoms with Gasteiger partial charge in [-0.2, -0.15) is 0 Å². The molecule has 0 spiro atoms. The predicted molar refractivity (Wildman–Crippen MR) is 82.7 cm³/mol. The van der Waals surface area contributed by atoms with Crippen LogP contribution in [-0.2, 0) is 6.42 Å². The van der Waals surface area contributed by atoms with E-state index in [9.17, 15) is 0 Å². The summed E-state index contributed by atoms with van der Waals surface area (Å²) in [6.07, 6.45) is 6.38. The van der Waals surface area contributed by atoms with Crippen molar-refractivity contribution in [1.82, 2.24) is 15.0 Å². The second-order valence-corrected chi connectivity index (χ2v) is 5.31. The Labute approximate surface area is 127 Å². The van der Waals surface area contributed by atoms with Crippen molar-refractivity contribution in [3.63, 3.8) is 0 Å². The van der Waals surface area contributed by atoms with Gasteiger partial charge in [0, 0.05) is 18.2 Å². The molecule has 0 aliphatic rings. The van der Waals surface area contributed by atoms with Gasteiger partial charge in [-0.05, 0) is 40.9 Å². The number of halogens is 1. The molecule has 0 unspecified atom stereocenters. The highest BCUT2D eigenvalue weighted by molar-refractivity contribution is 9.10. The Morgan fingerprint density at radius 2 is 1.95 bits per heavy atom. The maximum atomic E-state index is 5.61. The van der Waals surface area contributed by atoms with Gasteiger partial charge in [-0.3, -0.25) is 4.98 Å². The highest BCUT2D eigenvalue weighted by Gasteiger charge is 2.07. The maximum absolute atomic E-state index is 5.61. The third-order valence-electron chi connectivity index (χ3n) is 2.70. The van der Waals surface area contributed by atoms with Gasteiger partial charge in [0.2, 0.25) is 0 Å². The molecule has 0 aliphatic carbocycles. The summed E-state index contributed by atoms with van der Waals surface area (Å²) >= 11 is 3.44. The zero-order valence-electron chi connectivity index (χ0n) is 11.8. The Balaban J connectivity index is 2.30. The maximum Gasteiger partial charge on any atom is 0.138 e. The molecule has 0 aliphatic heterocycles. The molecule has 2 rings (SSSR count). The average Bonchev–Trinajstić information content (AvgIpc) is 2.45. The fourth-order valence-electron chi connectivity index (χ4n) is 1.81. The molecule has 2 heterocycles. The van der Waals surface area contributed by atoms with E-state index in [4.69, 9.17) is 4.74 Å². The van der Waals surface area contributed by atoms with Crippen LogP contribution in [0.1, 0.15) is 32.5 Å². The summed E-state index contributed by atoms with van der Waals surface area (Å²) in [5.41, 5.74) is 1.81. The largest absolute Gasteiger partial charge is 0.492 e. The highest BCUT2D eigenvalue weighted by Crippen LogP contribution is 2.23. The normalized spacial score (nSPS) is 10.6. The van der Waals surface area contributed by atoms with Crippen molar-refractivity contribution in [3.05, 3.63) is 35.0 Å². The summed E-state index contributed by atoms with van der Waals surface area (Å²) in [7, 11) is 0. The first-order chi connectivity index (χ1) is 9.72. The average molecular weight is 336 g/mol. The first-order valence-corrected chi connectivity index (χ1v) is 7.64. The van der Waals surface area contributed by atoms with Crippen molar-refractivity contribution in [2.75, 3.05) is 6.61 Å². The third kappa shape index (κ3) is 4.00. The minimum atomic E-state index is 0.694. The van der Waals surface area contributed by atoms with Gasteiger partial charge in [0.1, 0.15) is 16.2 Å². The minimum absolute atomic E-state index is 0.694. The molecular weight excluding hydrogens is 318 g/mol. The smallest absolute Gasteiger partial charge is 0.138 e. The lowest BCUT2D eigenvalue weighted by atomic mass is 10.2. The molecule has 2 aromatic heterocycles. The van der Waals surface area contributed by atoms with Crippen LogP contribution >= 0.6 is 15.9 Å². The zero-order valence-corrected chi connectivity index (χ0v) is 13.4. The molecule has 2 aromatic rings. The topological polar surface area (TPSA) is 47.9 Å². The van der Waals surface area contributed by atoms with Crippen LogP contribution in [0, 0.1) is 0 Å². The quantitative estimate of drug-likeness (QED) is 0.747. The number of nitrogens with zero attached hydrogens (tertiary/aromatic N) is 3. The minimum Gasteiger partial charge on any atom is -0.492 e. The Kier molecular flexibility index (Phi) is 5.47. The van der Waals surface area contributed by atoms with Crippen molar-refractivity contribution in [3.8, 4) is 17.0 Å². The number of aryl methyl sites for hydroxylation is 1. The Hall–Kier alpha value is -1.49. The van der Waals surface area contributed by atoms with Gasteiger partial charge >= 0.3 is 0 Å². The number of hydrogen-bond donors (Lipinski definition) is 0. The lowest BCUT2D eigenvalue weighted by Gasteiger charge is -2.07. The summed E-state index contributed by atoms with van der Waals surface area (Å²) in [5.74, 6) is 1.62. The summed E-state index contributed by atoms with van der Waals surface area (Å²) in [6, 6.07) is 3.87. The number of hydrogen-bond acceptors (Lipinski definition) is 4. The Morgan fingerprint density at radius 1 is 1.10 bits per heavy atom. The van der Waals surface area contributed by atoms with Crippen LogP contribution in [0.15, 0.2) is 29.1 Å². The van der Waals surface area contributed by atoms with Crippen molar-refractivity contribution in [2.45, 2.75) is 33.1 Å². The van der Waals surface area contributed by atoms with E-state index in [1.807, 2.05) is 12.1 Å². The van der Waals surface area contributed by atoms with Gasteiger partial charge in [-0.15, -0.1) is 0 Å². The van der Waals surface area contributed by atoms with Crippen LogP contribution in [0.4, 0.5) is 0 Å². The van der Waals surface area contributed by atoms with Crippen molar-refractivity contribution in [1.29, 1.82) is 0 Å². The molecule has 20 heavy (non-hydrogen) atoms. The van der Waals surface area contributed by atoms with Gasteiger partial charge in [0.15, 0.2) is 0 Å². The summed E-state index contributed by atoms with van der Waals surface area (Å²) in [4.78, 5) is 13.2. The summed E-state index contributed by atoms with van der Waals surface area (Å²) < 4.78 is 6.40.